The Labute approximate surface area is 289 Å². The standard InChI is InChI=1S/C42H58O6/c1-29(18-14-19-31(3)22-23-41-38(8,9)26-35(46-33(5)43)27-40(41,11)47-41)16-12-13-17-30(2)20-15-21-32(4)36(45)28-42-37(6,7)24-34(44)25-39(42,10)48-42/h12-23,34-35,44H,24-28H2,1-11H3/b13-12+,18-14+,20-15+,23-22+,29-16+,30-17+,31-19+,32-21+/t34-,35-,39+,40+,41-,42-/m0/s1. The molecule has 0 radical (unpaired) electrons. The van der Waals surface area contributed by atoms with E-state index in [4.69, 9.17) is 14.2 Å². The summed E-state index contributed by atoms with van der Waals surface area (Å²) in [6, 6.07) is 0. The van der Waals surface area contributed by atoms with E-state index in [2.05, 4.69) is 84.9 Å². The normalized spacial score (nSPS) is 36.5. The molecule has 0 aromatic carbocycles. The van der Waals surface area contributed by atoms with Crippen molar-refractivity contribution in [2.75, 3.05) is 0 Å². The Hall–Kier alpha value is -3.06. The van der Waals surface area contributed by atoms with E-state index in [0.717, 1.165) is 23.1 Å². The van der Waals surface area contributed by atoms with Crippen LogP contribution in [-0.2, 0) is 23.8 Å². The highest BCUT2D eigenvalue weighted by molar-refractivity contribution is 5.96. The molecule has 0 bridgehead atoms. The lowest BCUT2D eigenvalue weighted by molar-refractivity contribution is -0.149. The number of esters is 1. The van der Waals surface area contributed by atoms with Gasteiger partial charge in [-0.25, -0.2) is 0 Å². The predicted molar refractivity (Wildman–Crippen MR) is 193 cm³/mol. The van der Waals surface area contributed by atoms with Crippen molar-refractivity contribution >= 4 is 11.8 Å². The second-order valence-electron chi connectivity index (χ2n) is 16.3. The zero-order chi connectivity index (χ0) is 35.8. The molecule has 0 amide bonds. The molecule has 4 aliphatic rings. The van der Waals surface area contributed by atoms with Crippen LogP contribution in [0.15, 0.2) is 95.2 Å². The maximum Gasteiger partial charge on any atom is 0.302 e. The van der Waals surface area contributed by atoms with E-state index >= 15 is 0 Å². The molecule has 1 N–H and O–H groups in total. The van der Waals surface area contributed by atoms with Gasteiger partial charge in [0.1, 0.15) is 22.9 Å². The number of hydrogen-bond acceptors (Lipinski definition) is 6. The zero-order valence-electron chi connectivity index (χ0n) is 31.1. The predicted octanol–water partition coefficient (Wildman–Crippen LogP) is 8.94. The SMILES string of the molecule is CC(=O)O[C@H]1CC(C)(C)[C@]2(/C=C/C(C)=C/C=C/C(C)=C/C=C/C=C(C)/C=C/C=C(\C)C(=O)C[C@@]34O[C@]3(C)C[C@@H](O)CC4(C)C)O[C@]2(C)C1. The number of epoxide rings is 2. The molecule has 0 unspecified atom stereocenters. The number of ketones is 1. The lowest BCUT2D eigenvalue weighted by Crippen LogP contribution is -2.48. The van der Waals surface area contributed by atoms with Gasteiger partial charge in [0, 0.05) is 31.6 Å². The number of aliphatic hydroxyl groups excluding tert-OH is 1. The van der Waals surface area contributed by atoms with Gasteiger partial charge in [0.2, 0.25) is 0 Å². The van der Waals surface area contributed by atoms with E-state index in [1.165, 1.54) is 6.92 Å². The average molecular weight is 659 g/mol. The van der Waals surface area contributed by atoms with Crippen molar-refractivity contribution in [3.05, 3.63) is 95.2 Å². The minimum Gasteiger partial charge on any atom is -0.462 e. The number of carbonyl (C=O) groups excluding carboxylic acids is 2. The molecule has 6 heteroatoms. The Morgan fingerprint density at radius 1 is 0.688 bits per heavy atom. The molecule has 2 aliphatic heterocycles. The quantitative estimate of drug-likeness (QED) is 0.0975. The van der Waals surface area contributed by atoms with Crippen LogP contribution in [-0.4, -0.2) is 51.5 Å². The number of ether oxygens (including phenoxy) is 3. The monoisotopic (exact) mass is 658 g/mol. The van der Waals surface area contributed by atoms with Crippen molar-refractivity contribution in [2.45, 2.75) is 143 Å². The Balaban J connectivity index is 1.25. The topological polar surface area (TPSA) is 88.7 Å². The van der Waals surface area contributed by atoms with Gasteiger partial charge >= 0.3 is 5.97 Å². The fraction of sp³-hybridized carbons (Fsp3) is 0.571. The maximum atomic E-state index is 13.1. The van der Waals surface area contributed by atoms with E-state index in [0.29, 0.717) is 31.3 Å². The summed E-state index contributed by atoms with van der Waals surface area (Å²) in [5.41, 5.74) is 2.04. The second kappa shape index (κ2) is 13.7. The van der Waals surface area contributed by atoms with E-state index in [1.807, 2.05) is 57.2 Å². The van der Waals surface area contributed by atoms with Crippen LogP contribution >= 0.6 is 0 Å². The molecule has 4 rings (SSSR count). The highest BCUT2D eigenvalue weighted by atomic mass is 16.6. The lowest BCUT2D eigenvalue weighted by Gasteiger charge is -2.40. The van der Waals surface area contributed by atoms with Gasteiger partial charge in [0.25, 0.3) is 0 Å². The van der Waals surface area contributed by atoms with Gasteiger partial charge in [-0.15, -0.1) is 0 Å². The first-order valence-electron chi connectivity index (χ1n) is 17.4. The molecule has 0 spiro atoms. The molecule has 4 fully saturated rings. The van der Waals surface area contributed by atoms with Crippen LogP contribution in [0, 0.1) is 10.8 Å². The first kappa shape index (κ1) is 37.8. The Morgan fingerprint density at radius 3 is 1.81 bits per heavy atom. The third kappa shape index (κ3) is 7.72. The van der Waals surface area contributed by atoms with Gasteiger partial charge in [-0.1, -0.05) is 111 Å². The van der Waals surface area contributed by atoms with Crippen molar-refractivity contribution in [1.82, 2.24) is 0 Å². The summed E-state index contributed by atoms with van der Waals surface area (Å²) in [4.78, 5) is 24.6. The summed E-state index contributed by atoms with van der Waals surface area (Å²) in [6.45, 7) is 22.2. The summed E-state index contributed by atoms with van der Waals surface area (Å²) in [5, 5.41) is 10.3. The van der Waals surface area contributed by atoms with Gasteiger partial charge in [-0.2, -0.15) is 0 Å². The number of aliphatic hydroxyl groups is 1. The Bertz CT molecular complexity index is 1530. The Morgan fingerprint density at radius 2 is 1.25 bits per heavy atom. The van der Waals surface area contributed by atoms with Gasteiger partial charge in [-0.05, 0) is 71.4 Å². The third-order valence-corrected chi connectivity index (χ3v) is 11.2. The highest BCUT2D eigenvalue weighted by Crippen LogP contribution is 2.67. The van der Waals surface area contributed by atoms with Crippen LogP contribution in [0.3, 0.4) is 0 Å². The highest BCUT2D eigenvalue weighted by Gasteiger charge is 2.76. The van der Waals surface area contributed by atoms with Crippen molar-refractivity contribution in [3.63, 3.8) is 0 Å². The van der Waals surface area contributed by atoms with Crippen LogP contribution in [0.25, 0.3) is 0 Å². The number of fused-ring (bicyclic) bond motifs is 2. The van der Waals surface area contributed by atoms with Crippen LogP contribution in [0.2, 0.25) is 0 Å². The van der Waals surface area contributed by atoms with Crippen LogP contribution < -0.4 is 0 Å². The summed E-state index contributed by atoms with van der Waals surface area (Å²) in [5.74, 6) is -0.144. The van der Waals surface area contributed by atoms with E-state index in [9.17, 15) is 14.7 Å². The molecular weight excluding hydrogens is 600 g/mol. The minimum atomic E-state index is -0.497. The molecule has 0 aromatic rings. The lowest BCUT2D eigenvalue weighted by atomic mass is 9.61. The molecule has 6 atom stereocenters. The van der Waals surface area contributed by atoms with Gasteiger partial charge in [-0.3, -0.25) is 9.59 Å². The fourth-order valence-corrected chi connectivity index (χ4v) is 8.50. The minimum absolute atomic E-state index is 0.0904. The molecule has 2 aliphatic carbocycles. The number of rotatable bonds is 12. The summed E-state index contributed by atoms with van der Waals surface area (Å²) < 4.78 is 18.1. The van der Waals surface area contributed by atoms with Crippen LogP contribution in [0.4, 0.5) is 0 Å². The largest absolute Gasteiger partial charge is 0.462 e. The molecule has 6 nitrogen and oxygen atoms in total. The summed E-state index contributed by atoms with van der Waals surface area (Å²) in [6.07, 6.45) is 27.1. The second-order valence-corrected chi connectivity index (χ2v) is 16.3. The van der Waals surface area contributed by atoms with Crippen molar-refractivity contribution in [1.29, 1.82) is 0 Å². The maximum absolute atomic E-state index is 13.1. The molecule has 2 saturated heterocycles. The van der Waals surface area contributed by atoms with Crippen molar-refractivity contribution in [2.24, 2.45) is 10.8 Å². The third-order valence-electron chi connectivity index (χ3n) is 11.2. The first-order chi connectivity index (χ1) is 22.2. The smallest absolute Gasteiger partial charge is 0.302 e. The first-order valence-corrected chi connectivity index (χ1v) is 17.4. The van der Waals surface area contributed by atoms with Crippen molar-refractivity contribution in [3.8, 4) is 0 Å². The summed E-state index contributed by atoms with van der Waals surface area (Å²) >= 11 is 0. The molecule has 0 aromatic heterocycles. The van der Waals surface area contributed by atoms with Gasteiger partial charge in [0.05, 0.1) is 11.7 Å². The molecular formula is C42H58O6. The van der Waals surface area contributed by atoms with Crippen LogP contribution in [0.5, 0.6) is 0 Å². The number of allylic oxidation sites excluding steroid dienone is 15. The molecule has 262 valence electrons. The number of hydrogen-bond donors (Lipinski definition) is 1. The van der Waals surface area contributed by atoms with Crippen LogP contribution in [0.1, 0.15) is 108 Å². The van der Waals surface area contributed by atoms with E-state index in [-0.39, 0.29) is 46.0 Å². The Kier molecular flexibility index (Phi) is 10.8. The fourth-order valence-electron chi connectivity index (χ4n) is 8.50. The average Bonchev–Trinajstić information content (AvgIpc) is 3.78. The number of carbonyl (C=O) groups is 2. The molecule has 48 heavy (non-hydrogen) atoms. The van der Waals surface area contributed by atoms with Gasteiger partial charge < -0.3 is 19.3 Å². The molecule has 2 saturated carbocycles. The zero-order valence-corrected chi connectivity index (χ0v) is 31.1. The van der Waals surface area contributed by atoms with Crippen molar-refractivity contribution < 1.29 is 28.9 Å². The molecule has 2 heterocycles. The van der Waals surface area contributed by atoms with E-state index < -0.39 is 11.2 Å². The number of Topliss-reactive ketones (excluding diaryl/α,β-unsaturated/α-hetero) is 1. The van der Waals surface area contributed by atoms with E-state index in [1.54, 1.807) is 0 Å². The summed E-state index contributed by atoms with van der Waals surface area (Å²) in [7, 11) is 0. The van der Waals surface area contributed by atoms with Gasteiger partial charge in [0.15, 0.2) is 5.78 Å².